The zero-order valence-corrected chi connectivity index (χ0v) is 12.2. The Balaban J connectivity index is 2.06. The Bertz CT molecular complexity index is 288. The smallest absolute Gasteiger partial charge is 0.333 e. The highest BCUT2D eigenvalue weighted by molar-refractivity contribution is 5.86. The second kappa shape index (κ2) is 9.10. The number of carbonyl (C=O) groups is 1. The fourth-order valence-electron chi connectivity index (χ4n) is 1.95. The summed E-state index contributed by atoms with van der Waals surface area (Å²) >= 11 is 0. The fraction of sp³-hybridized carbons (Fsp3) is 0.800. The molecule has 0 bridgehead atoms. The third kappa shape index (κ3) is 6.73. The number of hydrogen-bond acceptors (Lipinski definition) is 4. The Labute approximate surface area is 116 Å². The summed E-state index contributed by atoms with van der Waals surface area (Å²) in [6.07, 6.45) is 6.85. The lowest BCUT2D eigenvalue weighted by molar-refractivity contribution is -0.143. The second-order valence-corrected chi connectivity index (χ2v) is 5.10. The predicted molar refractivity (Wildman–Crippen MR) is 73.8 cm³/mol. The molecule has 1 rings (SSSR count). The van der Waals surface area contributed by atoms with E-state index in [1.165, 1.54) is 25.7 Å². The quantitative estimate of drug-likeness (QED) is 0.366. The number of carbonyl (C=O) groups excluding carboxylic acids is 1. The number of esters is 1. The van der Waals surface area contributed by atoms with E-state index in [0.717, 1.165) is 12.8 Å². The number of unbranched alkanes of at least 4 members (excludes halogenated alkanes) is 4. The molecule has 1 heterocycles. The average molecular weight is 270 g/mol. The molecule has 0 aromatic rings. The number of hydrogen-bond donors (Lipinski definition) is 0. The van der Waals surface area contributed by atoms with Gasteiger partial charge < -0.3 is 14.2 Å². The van der Waals surface area contributed by atoms with Gasteiger partial charge in [0.2, 0.25) is 0 Å². The van der Waals surface area contributed by atoms with Crippen molar-refractivity contribution in [2.45, 2.75) is 64.8 Å². The summed E-state index contributed by atoms with van der Waals surface area (Å²) < 4.78 is 16.2. The van der Waals surface area contributed by atoms with E-state index in [2.05, 4.69) is 13.5 Å². The molecule has 1 aliphatic heterocycles. The molecule has 4 nitrogen and oxygen atoms in total. The Hall–Kier alpha value is -0.870. The molecule has 110 valence electrons. The van der Waals surface area contributed by atoms with Crippen molar-refractivity contribution >= 4 is 5.97 Å². The van der Waals surface area contributed by atoms with Crippen LogP contribution < -0.4 is 0 Å². The van der Waals surface area contributed by atoms with E-state index in [4.69, 9.17) is 14.2 Å². The van der Waals surface area contributed by atoms with Gasteiger partial charge in [-0.1, -0.05) is 39.2 Å². The molecule has 19 heavy (non-hydrogen) atoms. The molecule has 0 radical (unpaired) electrons. The first-order valence-corrected chi connectivity index (χ1v) is 7.23. The lowest BCUT2D eigenvalue weighted by atomic mass is 10.1. The molecule has 0 amide bonds. The van der Waals surface area contributed by atoms with Crippen molar-refractivity contribution in [2.24, 2.45) is 0 Å². The largest absolute Gasteiger partial charge is 0.459 e. The van der Waals surface area contributed by atoms with Crippen molar-refractivity contribution < 1.29 is 19.0 Å². The van der Waals surface area contributed by atoms with Gasteiger partial charge in [0, 0.05) is 5.57 Å². The highest BCUT2D eigenvalue weighted by Gasteiger charge is 2.26. The Morgan fingerprint density at radius 2 is 2.05 bits per heavy atom. The molecule has 0 aromatic heterocycles. The van der Waals surface area contributed by atoms with Gasteiger partial charge in [-0.05, 0) is 19.8 Å². The molecule has 0 aliphatic carbocycles. The van der Waals surface area contributed by atoms with Crippen LogP contribution in [0.15, 0.2) is 12.2 Å². The monoisotopic (exact) mass is 270 g/mol. The average Bonchev–Trinajstić information content (AvgIpc) is 2.83. The summed E-state index contributed by atoms with van der Waals surface area (Å²) in [5.74, 6) is -0.369. The molecule has 2 atom stereocenters. The summed E-state index contributed by atoms with van der Waals surface area (Å²) in [7, 11) is 0. The Morgan fingerprint density at radius 3 is 2.74 bits per heavy atom. The van der Waals surface area contributed by atoms with Crippen LogP contribution in [0.1, 0.15) is 52.4 Å². The van der Waals surface area contributed by atoms with Crippen molar-refractivity contribution in [1.82, 2.24) is 0 Å². The molecule has 1 fully saturated rings. The van der Waals surface area contributed by atoms with Gasteiger partial charge in [0.25, 0.3) is 0 Å². The SMILES string of the molecule is C=C(C)C(=O)OCC1COC(CCCCCCC)O1. The highest BCUT2D eigenvalue weighted by Crippen LogP contribution is 2.18. The zero-order valence-electron chi connectivity index (χ0n) is 12.2. The molecule has 0 aromatic carbocycles. The second-order valence-electron chi connectivity index (χ2n) is 5.10. The van der Waals surface area contributed by atoms with E-state index >= 15 is 0 Å². The van der Waals surface area contributed by atoms with Crippen LogP contribution in [0, 0.1) is 0 Å². The maximum atomic E-state index is 11.2. The molecule has 2 unspecified atom stereocenters. The van der Waals surface area contributed by atoms with Gasteiger partial charge in [0.15, 0.2) is 6.29 Å². The van der Waals surface area contributed by atoms with Gasteiger partial charge in [-0.15, -0.1) is 0 Å². The summed E-state index contributed by atoms with van der Waals surface area (Å²) in [6, 6.07) is 0. The fourth-order valence-corrected chi connectivity index (χ4v) is 1.95. The molecular weight excluding hydrogens is 244 g/mol. The molecule has 0 N–H and O–H groups in total. The summed E-state index contributed by atoms with van der Waals surface area (Å²) in [4.78, 5) is 11.2. The van der Waals surface area contributed by atoms with Crippen molar-refractivity contribution in [1.29, 1.82) is 0 Å². The predicted octanol–water partition coefficient (Wildman–Crippen LogP) is 3.21. The van der Waals surface area contributed by atoms with E-state index in [9.17, 15) is 4.79 Å². The lowest BCUT2D eigenvalue weighted by Gasteiger charge is -2.11. The van der Waals surface area contributed by atoms with E-state index in [0.29, 0.717) is 12.2 Å². The minimum atomic E-state index is -0.369. The first-order valence-electron chi connectivity index (χ1n) is 7.23. The summed E-state index contributed by atoms with van der Waals surface area (Å²) in [5.41, 5.74) is 0.409. The number of rotatable bonds is 9. The van der Waals surface area contributed by atoms with Gasteiger partial charge in [0.05, 0.1) is 6.61 Å². The van der Waals surface area contributed by atoms with Crippen LogP contribution in [-0.2, 0) is 19.0 Å². The topological polar surface area (TPSA) is 44.8 Å². The van der Waals surface area contributed by atoms with Crippen LogP contribution >= 0.6 is 0 Å². The van der Waals surface area contributed by atoms with E-state index in [1.807, 2.05) is 0 Å². The van der Waals surface area contributed by atoms with Crippen molar-refractivity contribution in [2.75, 3.05) is 13.2 Å². The van der Waals surface area contributed by atoms with E-state index in [-0.39, 0.29) is 25.0 Å². The van der Waals surface area contributed by atoms with Crippen molar-refractivity contribution in [3.63, 3.8) is 0 Å². The zero-order chi connectivity index (χ0) is 14.1. The van der Waals surface area contributed by atoms with Crippen LogP contribution in [0.3, 0.4) is 0 Å². The molecule has 0 saturated carbocycles. The van der Waals surface area contributed by atoms with E-state index in [1.54, 1.807) is 6.92 Å². The maximum absolute atomic E-state index is 11.2. The first kappa shape index (κ1) is 16.2. The van der Waals surface area contributed by atoms with Crippen LogP contribution in [0.25, 0.3) is 0 Å². The van der Waals surface area contributed by atoms with Gasteiger partial charge in [-0.3, -0.25) is 0 Å². The maximum Gasteiger partial charge on any atom is 0.333 e. The number of ether oxygens (including phenoxy) is 3. The van der Waals surface area contributed by atoms with Gasteiger partial charge in [-0.25, -0.2) is 4.79 Å². The molecule has 1 saturated heterocycles. The standard InChI is InChI=1S/C15H26O4/c1-4-5-6-7-8-9-14-17-10-13(19-14)11-18-15(16)12(2)3/h13-14H,2,4-11H2,1,3H3. The van der Waals surface area contributed by atoms with E-state index < -0.39 is 0 Å². The lowest BCUT2D eigenvalue weighted by Crippen LogP contribution is -2.21. The minimum Gasteiger partial charge on any atom is -0.459 e. The third-order valence-corrected chi connectivity index (χ3v) is 3.10. The van der Waals surface area contributed by atoms with Crippen LogP contribution in [0.5, 0.6) is 0 Å². The van der Waals surface area contributed by atoms with Crippen LogP contribution in [0.2, 0.25) is 0 Å². The summed E-state index contributed by atoms with van der Waals surface area (Å²) in [5, 5.41) is 0. The molecule has 0 spiro atoms. The van der Waals surface area contributed by atoms with Crippen molar-refractivity contribution in [3.05, 3.63) is 12.2 Å². The van der Waals surface area contributed by atoms with Gasteiger partial charge in [0.1, 0.15) is 12.7 Å². The minimum absolute atomic E-state index is 0.129. The van der Waals surface area contributed by atoms with Crippen LogP contribution in [0.4, 0.5) is 0 Å². The third-order valence-electron chi connectivity index (χ3n) is 3.10. The van der Waals surface area contributed by atoms with Crippen molar-refractivity contribution in [3.8, 4) is 0 Å². The summed E-state index contributed by atoms with van der Waals surface area (Å²) in [6.45, 7) is 8.13. The molecule has 1 aliphatic rings. The molecular formula is C15H26O4. The van der Waals surface area contributed by atoms with Gasteiger partial charge in [-0.2, -0.15) is 0 Å². The first-order chi connectivity index (χ1) is 9.13. The van der Waals surface area contributed by atoms with Crippen LogP contribution in [-0.4, -0.2) is 31.6 Å². The molecule has 4 heteroatoms. The Morgan fingerprint density at radius 1 is 1.32 bits per heavy atom. The normalized spacial score (nSPS) is 22.4. The highest BCUT2D eigenvalue weighted by atomic mass is 16.7. The Kier molecular flexibility index (Phi) is 7.75. The van der Waals surface area contributed by atoms with Gasteiger partial charge >= 0.3 is 5.97 Å².